The first-order chi connectivity index (χ1) is 32.1. The predicted octanol–water partition coefficient (Wildman–Crippen LogP) is -1.02. The van der Waals surface area contributed by atoms with Crippen molar-refractivity contribution in [2.24, 2.45) is 39.6 Å². The Kier molecular flexibility index (Phi) is 19.2. The Morgan fingerprint density at radius 1 is 0.721 bits per heavy atom. The molecule has 21 heteroatoms. The van der Waals surface area contributed by atoms with Crippen LogP contribution in [0.15, 0.2) is 47.5 Å². The van der Waals surface area contributed by atoms with Gasteiger partial charge in [-0.1, -0.05) is 40.5 Å². The van der Waals surface area contributed by atoms with Gasteiger partial charge < -0.3 is 97.4 Å². The van der Waals surface area contributed by atoms with E-state index < -0.39 is 116 Å². The molecule has 11 unspecified atom stereocenters. The monoisotopic (exact) mass is 959 g/mol. The lowest BCUT2D eigenvalue weighted by Crippen LogP contribution is -2.67. The number of benzene rings is 2. The Hall–Kier alpha value is -2.91. The lowest BCUT2D eigenvalue weighted by atomic mass is 9.74. The summed E-state index contributed by atoms with van der Waals surface area (Å²) in [5.74, 6) is 1.74. The molecule has 5 heterocycles. The molecule has 68 heavy (non-hydrogen) atoms. The van der Waals surface area contributed by atoms with Crippen LogP contribution in [0.2, 0.25) is 13.1 Å². The molecule has 0 aromatic heterocycles. The van der Waals surface area contributed by atoms with Gasteiger partial charge in [0.1, 0.15) is 68.0 Å². The van der Waals surface area contributed by atoms with Crippen LogP contribution in [0.1, 0.15) is 58.1 Å². The highest BCUT2D eigenvalue weighted by molar-refractivity contribution is 6.33. The van der Waals surface area contributed by atoms with Crippen LogP contribution in [0, 0.1) is 5.92 Å². The van der Waals surface area contributed by atoms with E-state index in [1.165, 1.54) is 29.7 Å². The summed E-state index contributed by atoms with van der Waals surface area (Å²) in [4.78, 5) is 7.40. The Bertz CT molecular complexity index is 1920. The minimum absolute atomic E-state index is 0. The number of hydrogen-bond donors (Lipinski definition) is 11. The predicted molar refractivity (Wildman–Crippen MR) is 256 cm³/mol. The van der Waals surface area contributed by atoms with Crippen molar-refractivity contribution in [3.8, 4) is 5.75 Å². The number of aliphatic hydroxyl groups excluding tert-OH is 6. The van der Waals surface area contributed by atoms with Gasteiger partial charge >= 0.3 is 0 Å². The van der Waals surface area contributed by atoms with Gasteiger partial charge in [0.15, 0.2) is 18.9 Å². The SMILES string of the molecule is C.COc1ccc(C2=Nc3cc(N4CCC(C)CC4)ccc3C2)cc1.C[B]C[C@H]1OC(O[C@H]2C(OC3OC(CC)C(O)[C@@H](O)[C@@H]3N)C(N)CC(N)[C@H]2O)[C@@H](O)[C@H]1OC1O[C@@H](CN)C(O)C(O)C1N. The van der Waals surface area contributed by atoms with Gasteiger partial charge in [0, 0.05) is 43.8 Å². The lowest BCUT2D eigenvalue weighted by Gasteiger charge is -2.47. The van der Waals surface area contributed by atoms with E-state index in [1.54, 1.807) is 28.1 Å². The van der Waals surface area contributed by atoms with E-state index in [4.69, 9.17) is 66.8 Å². The number of nitrogens with two attached hydrogens (primary N) is 5. The van der Waals surface area contributed by atoms with Crippen molar-refractivity contribution in [1.82, 2.24) is 0 Å². The van der Waals surface area contributed by atoms with Crippen LogP contribution >= 0.6 is 0 Å². The molecule has 0 spiro atoms. The molecular weight excluding hydrogens is 881 g/mol. The van der Waals surface area contributed by atoms with Gasteiger partial charge in [-0.3, -0.25) is 4.99 Å². The Morgan fingerprint density at radius 2 is 1.31 bits per heavy atom. The summed E-state index contributed by atoms with van der Waals surface area (Å²) in [5.41, 5.74) is 36.5. The van der Waals surface area contributed by atoms with E-state index in [-0.39, 0.29) is 20.4 Å². The molecule has 2 aromatic carbocycles. The van der Waals surface area contributed by atoms with Gasteiger partial charge in [-0.15, -0.1) is 0 Å². The number of aliphatic hydroxyl groups is 6. The topological polar surface area (TPSA) is 332 Å². The standard InChI is InChI=1S/C25H49BN5O12.C21H24N2O.CH4/c1-3-9-15(33)17(35)12(30)23(38-9)41-20-8(29)4-7(28)14(32)22(20)43-25-19(37)21(10(39-25)5-26-2)42-24-13(31)18(36)16(34)11(6-27)40-24;1-15-9-11-23(12-10-15)18-6-3-17-13-20(22-21(17)14-18)16-4-7-19(24-2)8-5-16;/h7-25,32-37H,3-6,27-31H2,1-2H3;3-8,14-15H,9-13H2,1-2H3;1H4/t7?,8?,9?,10-,11+,12+,13?,14-,15?,16?,17+,18?,19+,20?,21+,22-,23?,24?,25?;;/m1../s1. The van der Waals surface area contributed by atoms with Crippen LogP contribution in [0.5, 0.6) is 5.75 Å². The molecule has 20 nitrogen and oxygen atoms in total. The van der Waals surface area contributed by atoms with Crippen molar-refractivity contribution >= 4 is 24.4 Å². The molecule has 4 saturated heterocycles. The normalized spacial score (nSPS) is 39.5. The molecular formula is C47H77BN7O13. The van der Waals surface area contributed by atoms with E-state index in [1.807, 2.05) is 12.1 Å². The molecule has 6 aliphatic rings. The van der Waals surface area contributed by atoms with Crippen LogP contribution in [0.25, 0.3) is 0 Å². The van der Waals surface area contributed by atoms with Crippen molar-refractivity contribution in [1.29, 1.82) is 0 Å². The molecule has 8 rings (SSSR count). The third-order valence-electron chi connectivity index (χ3n) is 14.1. The maximum atomic E-state index is 11.3. The molecule has 19 atom stereocenters. The van der Waals surface area contributed by atoms with Gasteiger partial charge in [-0.05, 0) is 79.1 Å². The van der Waals surface area contributed by atoms with E-state index >= 15 is 0 Å². The molecule has 0 bridgehead atoms. The van der Waals surface area contributed by atoms with Gasteiger partial charge in [0.25, 0.3) is 0 Å². The molecule has 2 aromatic rings. The first kappa shape index (κ1) is 54.4. The summed E-state index contributed by atoms with van der Waals surface area (Å²) in [6.45, 7) is 8.11. The summed E-state index contributed by atoms with van der Waals surface area (Å²) in [6.07, 6.45) is -13.4. The zero-order chi connectivity index (χ0) is 48.3. The minimum Gasteiger partial charge on any atom is -0.497 e. The summed E-state index contributed by atoms with van der Waals surface area (Å²) in [5, 5.41) is 63.7. The fourth-order valence-electron chi connectivity index (χ4n) is 9.75. The van der Waals surface area contributed by atoms with Gasteiger partial charge in [0.05, 0.1) is 48.9 Å². The van der Waals surface area contributed by atoms with Crippen LogP contribution < -0.4 is 38.3 Å². The van der Waals surface area contributed by atoms with Crippen molar-refractivity contribution < 1.29 is 63.8 Å². The second-order valence-electron chi connectivity index (χ2n) is 18.8. The fraction of sp³-hybridized carbons (Fsp3) is 0.723. The molecule has 0 amide bonds. The number of aliphatic imine (C=N–C) groups is 1. The smallest absolute Gasteiger partial charge is 0.187 e. The third-order valence-corrected chi connectivity index (χ3v) is 14.1. The van der Waals surface area contributed by atoms with Crippen molar-refractivity contribution in [2.75, 3.05) is 31.6 Å². The molecule has 16 N–H and O–H groups in total. The first-order valence-electron chi connectivity index (χ1n) is 23.7. The van der Waals surface area contributed by atoms with Crippen molar-refractivity contribution in [2.45, 2.75) is 183 Å². The number of ether oxygens (including phenoxy) is 7. The zero-order valence-electron chi connectivity index (χ0n) is 38.9. The molecule has 381 valence electrons. The molecule has 1 radical (unpaired) electrons. The molecule has 5 fully saturated rings. The number of piperidine rings is 1. The Labute approximate surface area is 400 Å². The fourth-order valence-corrected chi connectivity index (χ4v) is 9.75. The summed E-state index contributed by atoms with van der Waals surface area (Å²) < 4.78 is 41.0. The maximum absolute atomic E-state index is 11.3. The quantitative estimate of drug-likeness (QED) is 0.107. The zero-order valence-corrected chi connectivity index (χ0v) is 38.9. The molecule has 1 saturated carbocycles. The summed E-state index contributed by atoms with van der Waals surface area (Å²) in [7, 11) is 3.48. The highest BCUT2D eigenvalue weighted by atomic mass is 16.8. The van der Waals surface area contributed by atoms with Gasteiger partial charge in [-0.25, -0.2) is 0 Å². The highest BCUT2D eigenvalue weighted by Crippen LogP contribution is 2.37. The van der Waals surface area contributed by atoms with Crippen molar-refractivity contribution in [3.05, 3.63) is 53.6 Å². The molecule has 5 aliphatic heterocycles. The van der Waals surface area contributed by atoms with E-state index in [2.05, 4.69) is 42.2 Å². The summed E-state index contributed by atoms with van der Waals surface area (Å²) in [6, 6.07) is 11.1. The molecule has 1 aliphatic carbocycles. The number of fused-ring (bicyclic) bond motifs is 1. The third kappa shape index (κ3) is 11.9. The minimum atomic E-state index is -1.45. The van der Waals surface area contributed by atoms with Crippen LogP contribution in [0.4, 0.5) is 11.4 Å². The number of anilines is 1. The largest absolute Gasteiger partial charge is 0.497 e. The second kappa shape index (κ2) is 24.0. The number of rotatable bonds is 13. The average Bonchev–Trinajstić information content (AvgIpc) is 3.89. The first-order valence-corrected chi connectivity index (χ1v) is 23.7. The Morgan fingerprint density at radius 3 is 1.91 bits per heavy atom. The van der Waals surface area contributed by atoms with Crippen LogP contribution in [-0.4, -0.2) is 187 Å². The van der Waals surface area contributed by atoms with Gasteiger partial charge in [-0.2, -0.15) is 0 Å². The van der Waals surface area contributed by atoms with Gasteiger partial charge in [0.2, 0.25) is 0 Å². The van der Waals surface area contributed by atoms with E-state index in [0.717, 1.165) is 42.6 Å². The highest BCUT2D eigenvalue weighted by Gasteiger charge is 2.54. The summed E-state index contributed by atoms with van der Waals surface area (Å²) >= 11 is 0. The van der Waals surface area contributed by atoms with Crippen molar-refractivity contribution in [3.63, 3.8) is 0 Å². The van der Waals surface area contributed by atoms with Crippen LogP contribution in [-0.2, 0) is 34.8 Å². The maximum Gasteiger partial charge on any atom is 0.187 e. The van der Waals surface area contributed by atoms with E-state index in [0.29, 0.717) is 12.7 Å². The second-order valence-corrected chi connectivity index (χ2v) is 18.8. The number of nitrogens with zero attached hydrogens (tertiary/aromatic N) is 2. The Balaban J connectivity index is 0.000000256. The van der Waals surface area contributed by atoms with E-state index in [9.17, 15) is 30.6 Å². The number of hydrogen-bond acceptors (Lipinski definition) is 20. The number of methoxy groups -OCH3 is 1. The lowest BCUT2D eigenvalue weighted by molar-refractivity contribution is -0.308. The average molecular weight is 959 g/mol. The van der Waals surface area contributed by atoms with Crippen LogP contribution in [0.3, 0.4) is 0 Å².